The van der Waals surface area contributed by atoms with Gasteiger partial charge >= 0.3 is 0 Å². The zero-order chi connectivity index (χ0) is 72.5. The van der Waals surface area contributed by atoms with Crippen molar-refractivity contribution in [3.05, 3.63) is 97.2 Å². The summed E-state index contributed by atoms with van der Waals surface area (Å²) in [5.74, 6) is -0.291. The number of carbonyl (C=O) groups is 1. The average Bonchev–Trinajstić information content (AvgIpc) is 0.783. The highest BCUT2D eigenvalue weighted by Gasteiger charge is 2.53. The van der Waals surface area contributed by atoms with Crippen molar-refractivity contribution in [2.45, 2.75) is 381 Å². The summed E-state index contributed by atoms with van der Waals surface area (Å²) in [6.45, 7) is 1.61. The van der Waals surface area contributed by atoms with Gasteiger partial charge in [0, 0.05) is 6.42 Å². The van der Waals surface area contributed by atoms with E-state index in [-0.39, 0.29) is 18.9 Å². The lowest BCUT2D eigenvalue weighted by atomic mass is 9.96. The minimum Gasteiger partial charge on any atom is -0.394 e. The van der Waals surface area contributed by atoms with Crippen LogP contribution in [0, 0.1) is 0 Å². The molecule has 19 heteroatoms. The summed E-state index contributed by atoms with van der Waals surface area (Å²) in [7, 11) is 0. The van der Waals surface area contributed by atoms with Gasteiger partial charge in [0.05, 0.1) is 38.6 Å². The van der Waals surface area contributed by atoms with Crippen LogP contribution in [0.25, 0.3) is 0 Å². The van der Waals surface area contributed by atoms with Crippen LogP contribution in [-0.4, -0.2) is 193 Å². The molecule has 578 valence electrons. The quantitative estimate of drug-likeness (QED) is 0.0199. The summed E-state index contributed by atoms with van der Waals surface area (Å²) in [5.41, 5.74) is 0. The highest BCUT2D eigenvalue weighted by atomic mass is 16.8. The van der Waals surface area contributed by atoms with Crippen molar-refractivity contribution in [2.75, 3.05) is 26.4 Å². The molecule has 0 bridgehead atoms. The van der Waals surface area contributed by atoms with Crippen molar-refractivity contribution >= 4 is 5.91 Å². The van der Waals surface area contributed by atoms with Gasteiger partial charge in [0.15, 0.2) is 18.9 Å². The maximum absolute atomic E-state index is 13.5. The molecule has 0 aromatic rings. The fraction of sp³-hybridized carbons (Fsp3) is 0.790. The van der Waals surface area contributed by atoms with E-state index in [9.17, 15) is 61.0 Å². The number of aliphatic hydroxyl groups is 11. The average molecular weight is 1420 g/mol. The minimum atomic E-state index is -1.99. The van der Waals surface area contributed by atoms with E-state index in [4.69, 9.17) is 28.4 Å². The van der Waals surface area contributed by atoms with Crippen molar-refractivity contribution in [3.63, 3.8) is 0 Å². The van der Waals surface area contributed by atoms with Gasteiger partial charge in [-0.3, -0.25) is 4.79 Å². The Morgan fingerprint density at radius 1 is 0.370 bits per heavy atom. The van der Waals surface area contributed by atoms with E-state index in [2.05, 4.69) is 104 Å². The minimum absolute atomic E-state index is 0.227. The molecule has 3 aliphatic heterocycles. The first-order valence-corrected chi connectivity index (χ1v) is 39.5. The molecule has 1 amide bonds. The normalized spacial score (nSPS) is 27.0. The van der Waals surface area contributed by atoms with Gasteiger partial charge in [-0.2, -0.15) is 0 Å². The summed E-state index contributed by atoms with van der Waals surface area (Å²) in [4.78, 5) is 13.5. The van der Waals surface area contributed by atoms with Crippen LogP contribution in [0.1, 0.15) is 277 Å². The molecule has 3 fully saturated rings. The summed E-state index contributed by atoms with van der Waals surface area (Å²) >= 11 is 0. The zero-order valence-electron chi connectivity index (χ0n) is 61.6. The molecular weight excluding hydrogens is 1270 g/mol. The van der Waals surface area contributed by atoms with Gasteiger partial charge in [-0.25, -0.2) is 0 Å². The van der Waals surface area contributed by atoms with Gasteiger partial charge in [0.25, 0.3) is 0 Å². The molecule has 0 spiro atoms. The third-order valence-electron chi connectivity index (χ3n) is 19.1. The van der Waals surface area contributed by atoms with Crippen LogP contribution in [0.15, 0.2) is 97.2 Å². The Balaban J connectivity index is 1.40. The lowest BCUT2D eigenvalue weighted by Crippen LogP contribution is -2.66. The van der Waals surface area contributed by atoms with E-state index < -0.39 is 124 Å². The van der Waals surface area contributed by atoms with Crippen LogP contribution in [0.3, 0.4) is 0 Å². The Labute approximate surface area is 603 Å². The lowest BCUT2D eigenvalue weighted by Gasteiger charge is -2.48. The molecule has 0 aliphatic carbocycles. The van der Waals surface area contributed by atoms with E-state index >= 15 is 0 Å². The number of amides is 1. The largest absolute Gasteiger partial charge is 0.394 e. The summed E-state index contributed by atoms with van der Waals surface area (Å²) in [5, 5.41) is 121. The third kappa shape index (κ3) is 40.8. The molecule has 0 aromatic heterocycles. The number of allylic oxidation sites excluding steroid dienone is 15. The second-order valence-corrected chi connectivity index (χ2v) is 27.8. The fourth-order valence-corrected chi connectivity index (χ4v) is 12.8. The first-order valence-electron chi connectivity index (χ1n) is 39.5. The van der Waals surface area contributed by atoms with Gasteiger partial charge in [0.2, 0.25) is 5.91 Å². The van der Waals surface area contributed by atoms with Crippen molar-refractivity contribution < 1.29 is 89.4 Å². The highest BCUT2D eigenvalue weighted by Crippen LogP contribution is 2.33. The van der Waals surface area contributed by atoms with Crippen LogP contribution in [0.2, 0.25) is 0 Å². The number of hydrogen-bond donors (Lipinski definition) is 12. The predicted molar refractivity (Wildman–Crippen MR) is 397 cm³/mol. The molecule has 0 saturated carbocycles. The molecule has 12 N–H and O–H groups in total. The fourth-order valence-electron chi connectivity index (χ4n) is 12.8. The van der Waals surface area contributed by atoms with Crippen molar-refractivity contribution in [2.24, 2.45) is 0 Å². The zero-order valence-corrected chi connectivity index (χ0v) is 61.6. The van der Waals surface area contributed by atoms with Crippen LogP contribution in [0.5, 0.6) is 0 Å². The molecule has 17 unspecified atom stereocenters. The molecule has 100 heavy (non-hydrogen) atoms. The number of ether oxygens (including phenoxy) is 6. The Bertz CT molecular complexity index is 2190. The van der Waals surface area contributed by atoms with Crippen LogP contribution in [-0.2, 0) is 33.2 Å². The molecule has 3 heterocycles. The maximum atomic E-state index is 13.5. The summed E-state index contributed by atoms with van der Waals surface area (Å²) in [6.07, 6.45) is 55.3. The van der Waals surface area contributed by atoms with Gasteiger partial charge in [0.1, 0.15) is 73.2 Å². The molecule has 3 rings (SSSR count). The second-order valence-electron chi connectivity index (χ2n) is 27.8. The smallest absolute Gasteiger partial charge is 0.220 e. The molecule has 0 radical (unpaired) electrons. The molecule has 17 atom stereocenters. The number of aliphatic hydroxyl groups excluding tert-OH is 11. The van der Waals surface area contributed by atoms with E-state index in [0.717, 1.165) is 83.5 Å². The van der Waals surface area contributed by atoms with Crippen molar-refractivity contribution in [1.29, 1.82) is 0 Å². The summed E-state index contributed by atoms with van der Waals surface area (Å²) in [6, 6.07) is -1.00. The Morgan fingerprint density at radius 3 is 1.12 bits per heavy atom. The number of rotatable bonds is 61. The van der Waals surface area contributed by atoms with Crippen LogP contribution < -0.4 is 5.32 Å². The highest BCUT2D eigenvalue weighted by molar-refractivity contribution is 5.76. The third-order valence-corrected chi connectivity index (χ3v) is 19.1. The molecular formula is C81H141NO18. The number of hydrogen-bond acceptors (Lipinski definition) is 18. The number of carbonyl (C=O) groups excluding carboxylic acids is 1. The van der Waals surface area contributed by atoms with Gasteiger partial charge in [-0.1, -0.05) is 278 Å². The van der Waals surface area contributed by atoms with Gasteiger partial charge in [-0.15, -0.1) is 0 Å². The summed E-state index contributed by atoms with van der Waals surface area (Å²) < 4.78 is 34.4. The molecule has 3 saturated heterocycles. The topological polar surface area (TPSA) is 307 Å². The SMILES string of the molecule is CC/C=C\C/C=C\C/C=C\C/C=C\C/C=C\CCCCCCCCCCCCCCCCCC(=O)NC(COC1OC(CO)C(OC2OC(CO)C(OC3OC(CO)C(O)C(O)C3O)C(O)C2O)C(O)C1O)C(O)/C=C/CC/C=C/CC/C=C/CCCCCCCCCCCCCCCC. The van der Waals surface area contributed by atoms with E-state index in [1.807, 2.05) is 6.08 Å². The second kappa shape index (κ2) is 60.9. The first kappa shape index (κ1) is 90.9. The lowest BCUT2D eigenvalue weighted by molar-refractivity contribution is -0.379. The van der Waals surface area contributed by atoms with E-state index in [0.29, 0.717) is 12.8 Å². The van der Waals surface area contributed by atoms with Gasteiger partial charge in [-0.05, 0) is 89.9 Å². The molecule has 3 aliphatic rings. The van der Waals surface area contributed by atoms with Crippen LogP contribution >= 0.6 is 0 Å². The van der Waals surface area contributed by atoms with Gasteiger partial charge < -0.3 is 89.9 Å². The van der Waals surface area contributed by atoms with Crippen molar-refractivity contribution in [1.82, 2.24) is 5.32 Å². The van der Waals surface area contributed by atoms with E-state index in [1.54, 1.807) is 6.08 Å². The Morgan fingerprint density at radius 2 is 0.700 bits per heavy atom. The maximum Gasteiger partial charge on any atom is 0.220 e. The van der Waals surface area contributed by atoms with Crippen LogP contribution in [0.4, 0.5) is 0 Å². The standard InChI is InChI=1S/C81H141NO18/c1-3-5-7-9-11-13-15-17-19-21-23-25-27-29-30-31-32-33-34-35-37-39-41-43-45-47-49-51-53-55-57-59-69(87)82-64(65(86)58-56-54-52-50-48-46-44-42-40-38-36-28-26-24-22-20-18-16-14-12-10-8-6-4-2)63-95-79-75(93)72(90)77(67(61-84)97-79)100-81-76(94)73(91)78(68(62-85)98-81)99-80-74(92)71(89)70(88)66(60-83)96-80/h5,7,11,13,17,19,23,25,29-30,40,42,48,50,56,58,64-68,70-81,83-86,88-94H,3-4,6,8-10,12,14-16,18,20-22,24,26-28,31-39,41,43-47,49,51-55,57,59-63H2,1-2H3,(H,82,87)/b7-5-,13-11-,19-17-,25-23-,30-29-,42-40+,50-48+,58-56+. The predicted octanol–water partition coefficient (Wildman–Crippen LogP) is 12.8. The number of unbranched alkanes of at least 4 members (excludes halogenated alkanes) is 31. The first-order chi connectivity index (χ1) is 48.8. The van der Waals surface area contributed by atoms with E-state index in [1.165, 1.54) is 161 Å². The number of nitrogens with one attached hydrogen (secondary N) is 1. The molecule has 19 nitrogen and oxygen atoms in total. The Kier molecular flexibility index (Phi) is 55.4. The molecule has 0 aromatic carbocycles. The monoisotopic (exact) mass is 1420 g/mol. The van der Waals surface area contributed by atoms with Crippen molar-refractivity contribution in [3.8, 4) is 0 Å². The Hall–Kier alpha value is -3.29.